The van der Waals surface area contributed by atoms with Crippen molar-refractivity contribution < 1.29 is 9.53 Å². The number of aryl methyl sites for hydroxylation is 1. The van der Waals surface area contributed by atoms with Gasteiger partial charge in [-0.3, -0.25) is 10.2 Å². The van der Waals surface area contributed by atoms with E-state index in [9.17, 15) is 4.79 Å². The molecule has 0 saturated heterocycles. The molecule has 0 spiro atoms. The fourth-order valence-corrected chi connectivity index (χ4v) is 3.36. The molecule has 0 radical (unpaired) electrons. The zero-order valence-electron chi connectivity index (χ0n) is 12.4. The van der Waals surface area contributed by atoms with Gasteiger partial charge in [0.25, 0.3) is 0 Å². The van der Waals surface area contributed by atoms with E-state index in [-0.39, 0.29) is 12.3 Å². The second-order valence-corrected chi connectivity index (χ2v) is 7.07. The van der Waals surface area contributed by atoms with Gasteiger partial charge in [0.1, 0.15) is 6.61 Å². The van der Waals surface area contributed by atoms with E-state index >= 15 is 0 Å². The van der Waals surface area contributed by atoms with Crippen LogP contribution in [0.2, 0.25) is 15.1 Å². The zero-order chi connectivity index (χ0) is 17.7. The maximum Gasteiger partial charge on any atom is 0.234 e. The Balaban J connectivity index is 2.07. The molecule has 0 aromatic heterocycles. The molecule has 4 nitrogen and oxygen atoms in total. The number of nitrogens with two attached hydrogens (primary N) is 1. The van der Waals surface area contributed by atoms with Crippen LogP contribution in [0, 0.1) is 0 Å². The second kappa shape index (κ2) is 8.92. The summed E-state index contributed by atoms with van der Waals surface area (Å²) in [5.41, 5.74) is 3.87. The van der Waals surface area contributed by atoms with Crippen LogP contribution in [0.25, 0.3) is 0 Å². The summed E-state index contributed by atoms with van der Waals surface area (Å²) in [5, 5.41) is 1.41. The number of nitrogens with one attached hydrogen (secondary N) is 1. The van der Waals surface area contributed by atoms with Gasteiger partial charge in [-0.15, -0.1) is 0 Å². The molecular weight excluding hydrogens is 438 g/mol. The summed E-state index contributed by atoms with van der Waals surface area (Å²) >= 11 is 21.6. The Bertz CT molecular complexity index is 733. The van der Waals surface area contributed by atoms with Gasteiger partial charge in [-0.25, -0.2) is 5.84 Å². The number of carbonyl (C=O) groups excluding carboxylic acids is 1. The number of amides is 1. The fourth-order valence-electron chi connectivity index (χ4n) is 2.01. The molecule has 0 bridgehead atoms. The Hall–Kier alpha value is -0.980. The molecular formula is C16H14BrCl3N2O2. The molecule has 2 rings (SSSR count). The predicted molar refractivity (Wildman–Crippen MR) is 101 cm³/mol. The van der Waals surface area contributed by atoms with Crippen molar-refractivity contribution in [1.82, 2.24) is 5.43 Å². The number of carbonyl (C=O) groups is 1. The smallest absolute Gasteiger partial charge is 0.234 e. The largest absolute Gasteiger partial charge is 0.486 e. The predicted octanol–water partition coefficient (Wildman–Crippen LogP) is 4.91. The van der Waals surface area contributed by atoms with Crippen LogP contribution < -0.4 is 16.0 Å². The van der Waals surface area contributed by atoms with Crippen molar-refractivity contribution >= 4 is 56.6 Å². The number of halogens is 4. The van der Waals surface area contributed by atoms with E-state index in [2.05, 4.69) is 21.4 Å². The lowest BCUT2D eigenvalue weighted by molar-refractivity contribution is -0.121. The van der Waals surface area contributed by atoms with Crippen LogP contribution in [0.1, 0.15) is 17.5 Å². The average molecular weight is 453 g/mol. The van der Waals surface area contributed by atoms with Gasteiger partial charge in [0.2, 0.25) is 5.91 Å². The first kappa shape index (κ1) is 19.3. The highest BCUT2D eigenvalue weighted by Crippen LogP contribution is 2.35. The lowest BCUT2D eigenvalue weighted by Gasteiger charge is -2.12. The quantitative estimate of drug-likeness (QED) is 0.372. The third-order valence-electron chi connectivity index (χ3n) is 3.23. The number of rotatable bonds is 6. The monoisotopic (exact) mass is 450 g/mol. The van der Waals surface area contributed by atoms with Crippen LogP contribution in [-0.4, -0.2) is 5.91 Å². The van der Waals surface area contributed by atoms with Crippen molar-refractivity contribution in [3.05, 3.63) is 61.0 Å². The Kier molecular flexibility index (Phi) is 7.19. The number of hydrogen-bond acceptors (Lipinski definition) is 3. The molecule has 0 aliphatic carbocycles. The lowest BCUT2D eigenvalue weighted by Crippen LogP contribution is -2.30. The van der Waals surface area contributed by atoms with E-state index in [0.717, 1.165) is 11.1 Å². The summed E-state index contributed by atoms with van der Waals surface area (Å²) in [4.78, 5) is 11.2. The maximum atomic E-state index is 11.2. The van der Waals surface area contributed by atoms with Gasteiger partial charge in [-0.05, 0) is 57.7 Å². The van der Waals surface area contributed by atoms with Crippen LogP contribution in [0.15, 0.2) is 34.8 Å². The summed E-state index contributed by atoms with van der Waals surface area (Å²) < 4.78 is 6.48. The van der Waals surface area contributed by atoms with E-state index in [1.165, 1.54) is 0 Å². The second-order valence-electron chi connectivity index (χ2n) is 4.99. The molecule has 0 unspecified atom stereocenters. The molecule has 8 heteroatoms. The summed E-state index contributed by atoms with van der Waals surface area (Å²) in [6.07, 6.45) is 0.803. The minimum atomic E-state index is -0.234. The van der Waals surface area contributed by atoms with Gasteiger partial charge in [-0.2, -0.15) is 0 Å². The highest BCUT2D eigenvalue weighted by Gasteiger charge is 2.11. The molecule has 3 N–H and O–H groups in total. The highest BCUT2D eigenvalue weighted by atomic mass is 79.9. The summed E-state index contributed by atoms with van der Waals surface area (Å²) in [5.74, 6) is 5.35. The summed E-state index contributed by atoms with van der Waals surface area (Å²) in [6, 6.07) is 8.91. The van der Waals surface area contributed by atoms with Crippen LogP contribution in [0.3, 0.4) is 0 Å². The van der Waals surface area contributed by atoms with Crippen molar-refractivity contribution in [2.45, 2.75) is 19.4 Å². The van der Waals surface area contributed by atoms with Gasteiger partial charge in [-0.1, -0.05) is 40.9 Å². The van der Waals surface area contributed by atoms with Crippen molar-refractivity contribution in [2.75, 3.05) is 0 Å². The molecule has 0 aliphatic heterocycles. The minimum Gasteiger partial charge on any atom is -0.486 e. The summed E-state index contributed by atoms with van der Waals surface area (Å²) in [7, 11) is 0. The molecule has 128 valence electrons. The van der Waals surface area contributed by atoms with E-state index in [1.54, 1.807) is 18.2 Å². The van der Waals surface area contributed by atoms with Crippen molar-refractivity contribution in [2.24, 2.45) is 5.84 Å². The van der Waals surface area contributed by atoms with E-state index < -0.39 is 0 Å². The lowest BCUT2D eigenvalue weighted by atomic mass is 10.1. The van der Waals surface area contributed by atoms with Gasteiger partial charge in [0.05, 0.1) is 19.5 Å². The van der Waals surface area contributed by atoms with E-state index in [1.807, 2.05) is 12.1 Å². The number of ether oxygens (including phenoxy) is 1. The average Bonchev–Trinajstić information content (AvgIpc) is 2.55. The molecule has 1 amide bonds. The third-order valence-corrected chi connectivity index (χ3v) is 4.84. The minimum absolute atomic E-state index is 0.234. The first-order chi connectivity index (χ1) is 11.4. The molecule has 0 fully saturated rings. The molecule has 0 aliphatic rings. The highest BCUT2D eigenvalue weighted by molar-refractivity contribution is 9.10. The van der Waals surface area contributed by atoms with Gasteiger partial charge >= 0.3 is 0 Å². The number of hydrogen-bond donors (Lipinski definition) is 2. The number of benzene rings is 2. The Morgan fingerprint density at radius 1 is 1.08 bits per heavy atom. The molecule has 2 aromatic rings. The molecule has 0 saturated carbocycles. The van der Waals surface area contributed by atoms with Crippen LogP contribution in [0.5, 0.6) is 5.75 Å². The van der Waals surface area contributed by atoms with Crippen LogP contribution in [-0.2, 0) is 17.8 Å². The normalized spacial score (nSPS) is 10.5. The Morgan fingerprint density at radius 3 is 2.42 bits per heavy atom. The van der Waals surface area contributed by atoms with Crippen molar-refractivity contribution in [3.8, 4) is 5.75 Å². The maximum absolute atomic E-state index is 11.2. The fraction of sp³-hybridized carbons (Fsp3) is 0.188. The zero-order valence-corrected chi connectivity index (χ0v) is 16.3. The third kappa shape index (κ3) is 5.26. The standard InChI is InChI=1S/C16H14BrCl3N2O2/c17-11-5-9(2-4-15(23)22-21)6-14(20)16(11)24-8-10-1-3-12(18)13(19)7-10/h1,3,5-7H,2,4,8,21H2,(H,22,23). The van der Waals surface area contributed by atoms with Crippen LogP contribution >= 0.6 is 50.7 Å². The van der Waals surface area contributed by atoms with Crippen molar-refractivity contribution in [3.63, 3.8) is 0 Å². The Labute approximate surface area is 163 Å². The Morgan fingerprint density at radius 2 is 1.79 bits per heavy atom. The van der Waals surface area contributed by atoms with Gasteiger partial charge < -0.3 is 4.74 Å². The van der Waals surface area contributed by atoms with E-state index in [4.69, 9.17) is 45.4 Å². The van der Waals surface area contributed by atoms with Gasteiger partial charge in [0.15, 0.2) is 5.75 Å². The topological polar surface area (TPSA) is 64.3 Å². The first-order valence-corrected chi connectivity index (χ1v) is 8.87. The number of hydrazine groups is 1. The SMILES string of the molecule is NNC(=O)CCc1cc(Cl)c(OCc2ccc(Cl)c(Cl)c2)c(Br)c1. The van der Waals surface area contributed by atoms with Crippen molar-refractivity contribution in [1.29, 1.82) is 0 Å². The molecule has 24 heavy (non-hydrogen) atoms. The summed E-state index contributed by atoms with van der Waals surface area (Å²) in [6.45, 7) is 0.296. The molecule has 2 aromatic carbocycles. The van der Waals surface area contributed by atoms with Gasteiger partial charge in [0, 0.05) is 6.42 Å². The molecule has 0 atom stereocenters. The van der Waals surface area contributed by atoms with E-state index in [0.29, 0.717) is 38.3 Å². The molecule has 0 heterocycles. The van der Waals surface area contributed by atoms with Crippen LogP contribution in [0.4, 0.5) is 0 Å². The first-order valence-electron chi connectivity index (χ1n) is 6.94.